The molecule has 2 aromatic carbocycles. The average molecular weight is 336 g/mol. The number of fused-ring (bicyclic) bond motifs is 3. The molecule has 1 unspecified atom stereocenters. The van der Waals surface area contributed by atoms with E-state index < -0.39 is 23.5 Å². The first-order valence-electron chi connectivity index (χ1n) is 7.64. The molecule has 25 heavy (non-hydrogen) atoms. The van der Waals surface area contributed by atoms with Gasteiger partial charge in [-0.2, -0.15) is 0 Å². The molecule has 2 heterocycles. The Morgan fingerprint density at radius 3 is 2.48 bits per heavy atom. The second-order valence-corrected chi connectivity index (χ2v) is 5.79. The normalized spacial score (nSPS) is 16.3. The van der Waals surface area contributed by atoms with Gasteiger partial charge in [0.1, 0.15) is 5.58 Å². The number of aromatic carboxylic acids is 1. The van der Waals surface area contributed by atoms with E-state index in [1.165, 1.54) is 12.1 Å². The summed E-state index contributed by atoms with van der Waals surface area (Å²) in [4.78, 5) is 35.6. The van der Waals surface area contributed by atoms with Crippen molar-refractivity contribution in [3.63, 3.8) is 0 Å². The minimum absolute atomic E-state index is 0.0114. The predicted molar refractivity (Wildman–Crippen MR) is 88.0 cm³/mol. The van der Waals surface area contributed by atoms with E-state index in [0.29, 0.717) is 16.5 Å². The summed E-state index contributed by atoms with van der Waals surface area (Å²) in [5.41, 5.74) is 0.856. The SMILES string of the molecule is O=C1CC(c2ccc(C(=O)O)cc2)c2c(c3ccccc3oc2=O)O1. The van der Waals surface area contributed by atoms with Gasteiger partial charge in [0.15, 0.2) is 5.75 Å². The van der Waals surface area contributed by atoms with Crippen molar-refractivity contribution in [2.45, 2.75) is 12.3 Å². The molecule has 1 N–H and O–H groups in total. The fourth-order valence-corrected chi connectivity index (χ4v) is 3.11. The predicted octanol–water partition coefficient (Wildman–Crippen LogP) is 2.93. The number of benzene rings is 2. The number of carbonyl (C=O) groups excluding carboxylic acids is 1. The summed E-state index contributed by atoms with van der Waals surface area (Å²) in [6.07, 6.45) is -0.0114. The van der Waals surface area contributed by atoms with Gasteiger partial charge in [-0.25, -0.2) is 9.59 Å². The molecule has 124 valence electrons. The fourth-order valence-electron chi connectivity index (χ4n) is 3.11. The lowest BCUT2D eigenvalue weighted by Gasteiger charge is -2.24. The summed E-state index contributed by atoms with van der Waals surface area (Å²) >= 11 is 0. The summed E-state index contributed by atoms with van der Waals surface area (Å²) in [5, 5.41) is 9.56. The Morgan fingerprint density at radius 2 is 1.76 bits per heavy atom. The smallest absolute Gasteiger partial charge is 0.343 e. The fraction of sp³-hybridized carbons (Fsp3) is 0.105. The van der Waals surface area contributed by atoms with Gasteiger partial charge in [-0.05, 0) is 29.8 Å². The number of carboxylic acid groups (broad SMARTS) is 1. The molecule has 1 aromatic heterocycles. The first kappa shape index (κ1) is 15.1. The first-order chi connectivity index (χ1) is 12.0. The van der Waals surface area contributed by atoms with E-state index in [9.17, 15) is 14.4 Å². The third kappa shape index (κ3) is 2.48. The van der Waals surface area contributed by atoms with Crippen molar-refractivity contribution >= 4 is 22.9 Å². The Balaban J connectivity index is 1.92. The number of hydrogen-bond donors (Lipinski definition) is 1. The van der Waals surface area contributed by atoms with Gasteiger partial charge in [0.05, 0.1) is 22.9 Å². The lowest BCUT2D eigenvalue weighted by Crippen LogP contribution is -2.26. The molecular weight excluding hydrogens is 324 g/mol. The van der Waals surface area contributed by atoms with Gasteiger partial charge >= 0.3 is 17.6 Å². The molecule has 0 spiro atoms. The molecule has 0 saturated carbocycles. The van der Waals surface area contributed by atoms with Crippen molar-refractivity contribution in [3.05, 3.63) is 75.6 Å². The molecule has 0 amide bonds. The highest BCUT2D eigenvalue weighted by Gasteiger charge is 2.33. The van der Waals surface area contributed by atoms with Crippen LogP contribution in [0.15, 0.2) is 57.7 Å². The Morgan fingerprint density at radius 1 is 1.04 bits per heavy atom. The van der Waals surface area contributed by atoms with Crippen molar-refractivity contribution in [2.24, 2.45) is 0 Å². The van der Waals surface area contributed by atoms with Crippen LogP contribution < -0.4 is 10.4 Å². The quantitative estimate of drug-likeness (QED) is 0.571. The lowest BCUT2D eigenvalue weighted by molar-refractivity contribution is -0.135. The highest BCUT2D eigenvalue weighted by molar-refractivity contribution is 5.90. The maximum atomic E-state index is 12.5. The summed E-state index contributed by atoms with van der Waals surface area (Å²) < 4.78 is 10.7. The van der Waals surface area contributed by atoms with Crippen molar-refractivity contribution < 1.29 is 23.8 Å². The standard InChI is InChI=1S/C19H12O6/c20-15-9-13(10-5-7-11(8-6-10)18(21)22)16-17(25-15)12-3-1-2-4-14(12)24-19(16)23/h1-8,13H,9H2,(H,21,22). The Bertz CT molecular complexity index is 1060. The molecule has 0 aliphatic carbocycles. The number of carboxylic acids is 1. The van der Waals surface area contributed by atoms with Crippen LogP contribution in [0.25, 0.3) is 11.0 Å². The first-order valence-corrected chi connectivity index (χ1v) is 7.64. The van der Waals surface area contributed by atoms with E-state index in [1.54, 1.807) is 36.4 Å². The van der Waals surface area contributed by atoms with Crippen LogP contribution in [-0.2, 0) is 4.79 Å². The van der Waals surface area contributed by atoms with Gasteiger partial charge in [0, 0.05) is 5.92 Å². The van der Waals surface area contributed by atoms with E-state index in [1.807, 2.05) is 0 Å². The second-order valence-electron chi connectivity index (χ2n) is 5.79. The van der Waals surface area contributed by atoms with Gasteiger partial charge < -0.3 is 14.3 Å². The van der Waals surface area contributed by atoms with Gasteiger partial charge in [-0.3, -0.25) is 4.79 Å². The van der Waals surface area contributed by atoms with Crippen LogP contribution in [0.4, 0.5) is 0 Å². The summed E-state index contributed by atoms with van der Waals surface area (Å²) in [7, 11) is 0. The molecule has 0 saturated heterocycles. The van der Waals surface area contributed by atoms with Gasteiger partial charge in [-0.1, -0.05) is 24.3 Å². The maximum Gasteiger partial charge on any atom is 0.343 e. The summed E-state index contributed by atoms with van der Waals surface area (Å²) in [5.74, 6) is -1.81. The largest absolute Gasteiger partial charge is 0.478 e. The zero-order valence-electron chi connectivity index (χ0n) is 12.9. The summed E-state index contributed by atoms with van der Waals surface area (Å²) in [6, 6.07) is 12.9. The molecule has 6 nitrogen and oxygen atoms in total. The summed E-state index contributed by atoms with van der Waals surface area (Å²) in [6.45, 7) is 0. The molecule has 3 aromatic rings. The van der Waals surface area contributed by atoms with Crippen molar-refractivity contribution in [1.29, 1.82) is 0 Å². The average Bonchev–Trinajstić information content (AvgIpc) is 2.61. The number of ether oxygens (including phenoxy) is 1. The van der Waals surface area contributed by atoms with Gasteiger partial charge in [0.2, 0.25) is 0 Å². The van der Waals surface area contributed by atoms with Crippen LogP contribution >= 0.6 is 0 Å². The molecule has 1 atom stereocenters. The van der Waals surface area contributed by atoms with Crippen molar-refractivity contribution in [3.8, 4) is 5.75 Å². The highest BCUT2D eigenvalue weighted by atomic mass is 16.5. The van der Waals surface area contributed by atoms with Crippen molar-refractivity contribution in [1.82, 2.24) is 0 Å². The maximum absolute atomic E-state index is 12.5. The third-order valence-corrected chi connectivity index (χ3v) is 4.29. The van der Waals surface area contributed by atoms with E-state index >= 15 is 0 Å². The van der Waals surface area contributed by atoms with E-state index in [-0.39, 0.29) is 23.3 Å². The molecular formula is C19H12O6. The van der Waals surface area contributed by atoms with Crippen LogP contribution in [-0.4, -0.2) is 17.0 Å². The van der Waals surface area contributed by atoms with Crippen molar-refractivity contribution in [2.75, 3.05) is 0 Å². The molecule has 4 rings (SSSR count). The zero-order valence-corrected chi connectivity index (χ0v) is 12.9. The Hall–Kier alpha value is -3.41. The number of rotatable bonds is 2. The van der Waals surface area contributed by atoms with E-state index in [2.05, 4.69) is 0 Å². The molecule has 6 heteroatoms. The van der Waals surface area contributed by atoms with Crippen LogP contribution in [0.5, 0.6) is 5.75 Å². The van der Waals surface area contributed by atoms with Gasteiger partial charge in [0.25, 0.3) is 0 Å². The lowest BCUT2D eigenvalue weighted by atomic mass is 9.86. The topological polar surface area (TPSA) is 93.8 Å². The molecule has 0 bridgehead atoms. The Kier molecular flexibility index (Phi) is 3.39. The highest BCUT2D eigenvalue weighted by Crippen LogP contribution is 2.40. The monoisotopic (exact) mass is 336 g/mol. The molecule has 0 fully saturated rings. The van der Waals surface area contributed by atoms with E-state index in [4.69, 9.17) is 14.3 Å². The second kappa shape index (κ2) is 5.59. The van der Waals surface area contributed by atoms with Crippen LogP contribution in [0.3, 0.4) is 0 Å². The minimum atomic E-state index is -1.04. The van der Waals surface area contributed by atoms with Gasteiger partial charge in [-0.15, -0.1) is 0 Å². The van der Waals surface area contributed by atoms with Crippen LogP contribution in [0.2, 0.25) is 0 Å². The zero-order chi connectivity index (χ0) is 17.6. The Labute approximate surface area is 141 Å². The third-order valence-electron chi connectivity index (χ3n) is 4.29. The van der Waals surface area contributed by atoms with E-state index in [0.717, 1.165) is 0 Å². The van der Waals surface area contributed by atoms with Crippen LogP contribution in [0, 0.1) is 0 Å². The molecule has 1 aliphatic rings. The molecule has 1 aliphatic heterocycles. The number of para-hydroxylation sites is 1. The number of esters is 1. The number of hydrogen-bond acceptors (Lipinski definition) is 5. The molecule has 0 radical (unpaired) electrons. The minimum Gasteiger partial charge on any atom is -0.478 e. The number of carbonyl (C=O) groups is 2. The van der Waals surface area contributed by atoms with Crippen LogP contribution in [0.1, 0.15) is 33.8 Å².